The molecule has 11 heteroatoms. The van der Waals surface area contributed by atoms with Gasteiger partial charge in [-0.25, -0.2) is 0 Å². The summed E-state index contributed by atoms with van der Waals surface area (Å²) < 4.78 is 27.2. The standard InChI is InChI=1S/C24H32O11/c1-31-13-6-4-12(5-7-13)10-16(34-24-21(30)20(29)19(28)17(11-25)35-24)18(27)14-8-9-15(26)23(33-3)22(14)32-2/h4-9,16-21,24-30H,10-11H2,1-3H3/t16?,17-,18?,19-,20+,21-,24-/m1/s1. The van der Waals surface area contributed by atoms with Crippen molar-refractivity contribution in [3.05, 3.63) is 47.5 Å². The third-order valence-electron chi connectivity index (χ3n) is 5.95. The van der Waals surface area contributed by atoms with Crippen molar-refractivity contribution in [3.63, 3.8) is 0 Å². The number of aliphatic hydroxyl groups is 5. The minimum absolute atomic E-state index is 0.0140. The Morgan fingerprint density at radius 3 is 2.09 bits per heavy atom. The van der Waals surface area contributed by atoms with Gasteiger partial charge in [-0.15, -0.1) is 0 Å². The number of aliphatic hydroxyl groups excluding tert-OH is 5. The van der Waals surface area contributed by atoms with Crippen LogP contribution in [0.4, 0.5) is 0 Å². The Morgan fingerprint density at radius 1 is 0.857 bits per heavy atom. The van der Waals surface area contributed by atoms with E-state index in [0.29, 0.717) is 5.75 Å². The molecular formula is C24H32O11. The van der Waals surface area contributed by atoms with Gasteiger partial charge >= 0.3 is 0 Å². The van der Waals surface area contributed by atoms with Crippen molar-refractivity contribution >= 4 is 0 Å². The second-order valence-corrected chi connectivity index (χ2v) is 8.11. The van der Waals surface area contributed by atoms with Crippen molar-refractivity contribution in [1.29, 1.82) is 0 Å². The second kappa shape index (κ2) is 11.9. The van der Waals surface area contributed by atoms with Crippen LogP contribution < -0.4 is 14.2 Å². The Hall–Kier alpha value is -2.64. The van der Waals surface area contributed by atoms with Gasteiger partial charge in [0.2, 0.25) is 5.75 Å². The highest BCUT2D eigenvalue weighted by Gasteiger charge is 2.45. The molecule has 11 nitrogen and oxygen atoms in total. The molecule has 0 radical (unpaired) electrons. The Kier molecular flexibility index (Phi) is 9.14. The van der Waals surface area contributed by atoms with Gasteiger partial charge in [0, 0.05) is 12.0 Å². The third kappa shape index (κ3) is 5.78. The maximum Gasteiger partial charge on any atom is 0.203 e. The highest BCUT2D eigenvalue weighted by atomic mass is 16.7. The number of ether oxygens (including phenoxy) is 5. The summed E-state index contributed by atoms with van der Waals surface area (Å²) in [6, 6.07) is 9.78. The van der Waals surface area contributed by atoms with E-state index in [1.165, 1.54) is 33.5 Å². The zero-order chi connectivity index (χ0) is 25.7. The molecule has 0 spiro atoms. The molecule has 1 fully saturated rings. The van der Waals surface area contributed by atoms with E-state index in [-0.39, 0.29) is 29.2 Å². The highest BCUT2D eigenvalue weighted by Crippen LogP contribution is 2.43. The van der Waals surface area contributed by atoms with E-state index in [0.717, 1.165) is 5.56 Å². The van der Waals surface area contributed by atoms with Crippen molar-refractivity contribution < 1.29 is 54.3 Å². The number of hydrogen-bond donors (Lipinski definition) is 6. The van der Waals surface area contributed by atoms with Gasteiger partial charge in [0.25, 0.3) is 0 Å². The quantitative estimate of drug-likeness (QED) is 0.259. The lowest BCUT2D eigenvalue weighted by atomic mass is 9.96. The first-order chi connectivity index (χ1) is 16.7. The fourth-order valence-electron chi connectivity index (χ4n) is 3.99. The fraction of sp³-hybridized carbons (Fsp3) is 0.500. The third-order valence-corrected chi connectivity index (χ3v) is 5.95. The Bertz CT molecular complexity index is 949. The van der Waals surface area contributed by atoms with Crippen LogP contribution in [0.25, 0.3) is 0 Å². The lowest BCUT2D eigenvalue weighted by Gasteiger charge is -2.41. The molecule has 6 N–H and O–H groups in total. The molecule has 0 bridgehead atoms. The summed E-state index contributed by atoms with van der Waals surface area (Å²) in [5.41, 5.74) is 0.967. The van der Waals surface area contributed by atoms with Crippen LogP contribution in [0.3, 0.4) is 0 Å². The number of aromatic hydroxyl groups is 1. The Labute approximate surface area is 202 Å². The zero-order valence-electron chi connectivity index (χ0n) is 19.6. The molecule has 2 unspecified atom stereocenters. The van der Waals surface area contributed by atoms with E-state index >= 15 is 0 Å². The lowest BCUT2D eigenvalue weighted by Crippen LogP contribution is -2.60. The molecule has 1 aliphatic rings. The van der Waals surface area contributed by atoms with Gasteiger partial charge in [-0.05, 0) is 29.8 Å². The topological polar surface area (TPSA) is 168 Å². The maximum atomic E-state index is 11.4. The SMILES string of the molecule is COc1ccc(CC(O[C@@H]2O[C@H](CO)[C@@H](O)[C@H](O)[C@H]2O)C(O)c2ccc(O)c(OC)c2OC)cc1. The van der Waals surface area contributed by atoms with E-state index in [1.807, 2.05) is 0 Å². The molecule has 0 amide bonds. The van der Waals surface area contributed by atoms with Gasteiger partial charge in [-0.3, -0.25) is 0 Å². The molecule has 194 valence electrons. The normalized spacial score (nSPS) is 26.1. The van der Waals surface area contributed by atoms with Crippen LogP contribution in [0.15, 0.2) is 36.4 Å². The molecule has 0 saturated carbocycles. The summed E-state index contributed by atoms with van der Waals surface area (Å²) in [7, 11) is 4.23. The number of benzene rings is 2. The van der Waals surface area contributed by atoms with Crippen LogP contribution in [-0.4, -0.2) is 95.4 Å². The Morgan fingerprint density at radius 2 is 1.51 bits per heavy atom. The van der Waals surface area contributed by atoms with Gasteiger partial charge in [-0.2, -0.15) is 0 Å². The van der Waals surface area contributed by atoms with Crippen LogP contribution in [-0.2, 0) is 15.9 Å². The van der Waals surface area contributed by atoms with Gasteiger partial charge < -0.3 is 54.3 Å². The van der Waals surface area contributed by atoms with Gasteiger partial charge in [-0.1, -0.05) is 12.1 Å². The molecule has 35 heavy (non-hydrogen) atoms. The van der Waals surface area contributed by atoms with Gasteiger partial charge in [0.15, 0.2) is 17.8 Å². The number of phenols is 1. The van der Waals surface area contributed by atoms with Gasteiger partial charge in [0.05, 0.1) is 34.0 Å². The van der Waals surface area contributed by atoms with Crippen molar-refractivity contribution in [2.24, 2.45) is 0 Å². The summed E-state index contributed by atoms with van der Waals surface area (Å²) in [6.45, 7) is -0.626. The van der Waals surface area contributed by atoms with E-state index in [2.05, 4.69) is 0 Å². The van der Waals surface area contributed by atoms with Crippen molar-refractivity contribution in [3.8, 4) is 23.0 Å². The molecule has 1 heterocycles. The van der Waals surface area contributed by atoms with Crippen LogP contribution in [0, 0.1) is 0 Å². The first-order valence-electron chi connectivity index (χ1n) is 11.0. The molecule has 0 aromatic heterocycles. The number of hydrogen-bond acceptors (Lipinski definition) is 11. The number of methoxy groups -OCH3 is 3. The van der Waals surface area contributed by atoms with E-state index in [1.54, 1.807) is 24.3 Å². The van der Waals surface area contributed by atoms with E-state index in [4.69, 9.17) is 23.7 Å². The van der Waals surface area contributed by atoms with E-state index < -0.39 is 49.5 Å². The van der Waals surface area contributed by atoms with Crippen LogP contribution in [0.5, 0.6) is 23.0 Å². The summed E-state index contributed by atoms with van der Waals surface area (Å²) >= 11 is 0. The van der Waals surface area contributed by atoms with Crippen molar-refractivity contribution in [2.75, 3.05) is 27.9 Å². The number of phenolic OH excluding ortho intramolecular Hbond substituents is 1. The van der Waals surface area contributed by atoms with E-state index in [9.17, 15) is 30.6 Å². The van der Waals surface area contributed by atoms with Crippen molar-refractivity contribution in [1.82, 2.24) is 0 Å². The maximum absolute atomic E-state index is 11.4. The summed E-state index contributed by atoms with van der Waals surface area (Å²) in [4.78, 5) is 0. The molecular weight excluding hydrogens is 464 g/mol. The molecule has 2 aromatic rings. The van der Waals surface area contributed by atoms with Crippen molar-refractivity contribution in [2.45, 2.75) is 49.3 Å². The molecule has 0 aliphatic carbocycles. The molecule has 3 rings (SSSR count). The van der Waals surface area contributed by atoms with Gasteiger partial charge in [0.1, 0.15) is 36.3 Å². The zero-order valence-corrected chi connectivity index (χ0v) is 19.6. The molecule has 1 aliphatic heterocycles. The predicted molar refractivity (Wildman–Crippen MR) is 122 cm³/mol. The molecule has 7 atom stereocenters. The summed E-state index contributed by atoms with van der Waals surface area (Å²) in [5.74, 6) is 0.532. The van der Waals surface area contributed by atoms with Crippen LogP contribution >= 0.6 is 0 Å². The monoisotopic (exact) mass is 496 g/mol. The summed E-state index contributed by atoms with van der Waals surface area (Å²) in [6.07, 6.45) is -9.85. The second-order valence-electron chi connectivity index (χ2n) is 8.11. The lowest BCUT2D eigenvalue weighted by molar-refractivity contribution is -0.317. The number of rotatable bonds is 10. The molecule has 1 saturated heterocycles. The Balaban J connectivity index is 1.96. The largest absolute Gasteiger partial charge is 0.504 e. The van der Waals surface area contributed by atoms with Crippen LogP contribution in [0.1, 0.15) is 17.2 Å². The average Bonchev–Trinajstić information content (AvgIpc) is 2.88. The first-order valence-corrected chi connectivity index (χ1v) is 11.0. The first kappa shape index (κ1) is 27.0. The highest BCUT2D eigenvalue weighted by molar-refractivity contribution is 5.56. The fourth-order valence-corrected chi connectivity index (χ4v) is 3.99. The average molecular weight is 497 g/mol. The predicted octanol–water partition coefficient (Wildman–Crippen LogP) is -0.121. The smallest absolute Gasteiger partial charge is 0.203 e. The van der Waals surface area contributed by atoms with Crippen LogP contribution in [0.2, 0.25) is 0 Å². The minimum Gasteiger partial charge on any atom is -0.504 e. The minimum atomic E-state index is -1.66. The summed E-state index contributed by atoms with van der Waals surface area (Å²) in [5, 5.41) is 61.6. The molecule has 2 aromatic carbocycles.